The van der Waals surface area contributed by atoms with Crippen LogP contribution in [0.3, 0.4) is 0 Å². The van der Waals surface area contributed by atoms with Crippen molar-refractivity contribution in [2.24, 2.45) is 0 Å². The van der Waals surface area contributed by atoms with Crippen molar-refractivity contribution < 1.29 is 10.2 Å². The van der Waals surface area contributed by atoms with Gasteiger partial charge in [0.1, 0.15) is 11.9 Å². The molecule has 4 N–H and O–H groups in total. The molecule has 0 saturated heterocycles. The Balaban J connectivity index is 3.13. The maximum absolute atomic E-state index is 9.83. The minimum atomic E-state index is -1.02. The Hall–Kier alpha value is -0.840. The normalized spacial score (nSPS) is 15.0. The van der Waals surface area contributed by atoms with Crippen LogP contribution >= 0.6 is 11.6 Å². The van der Waals surface area contributed by atoms with Crippen LogP contribution in [0.25, 0.3) is 0 Å². The van der Waals surface area contributed by atoms with Crippen LogP contribution in [-0.2, 0) is 0 Å². The van der Waals surface area contributed by atoms with Gasteiger partial charge in [0.15, 0.2) is 0 Å². The summed E-state index contributed by atoms with van der Waals surface area (Å²) in [4.78, 5) is 4.04. The van der Waals surface area contributed by atoms with Gasteiger partial charge in [0.05, 0.1) is 12.0 Å². The Kier molecular flexibility index (Phi) is 3.90. The van der Waals surface area contributed by atoms with Gasteiger partial charge in [-0.25, -0.2) is 4.98 Å². The zero-order valence-electron chi connectivity index (χ0n) is 8.74. The standard InChI is InChI=1S/C10H15ClN2O2/c1-5-3-8(12)13-6(2)9(5)10(15)7(14)4-11/h3,7,10,14-15H,4H2,1-2H3,(H2,12,13). The van der Waals surface area contributed by atoms with Gasteiger partial charge in [-0.2, -0.15) is 0 Å². The number of aromatic nitrogens is 1. The molecule has 1 rings (SSSR count). The van der Waals surface area contributed by atoms with Crippen LogP contribution in [0.5, 0.6) is 0 Å². The maximum Gasteiger partial charge on any atom is 0.123 e. The number of nitrogens with zero attached hydrogens (tertiary/aromatic N) is 1. The van der Waals surface area contributed by atoms with E-state index in [0.717, 1.165) is 5.56 Å². The van der Waals surface area contributed by atoms with Gasteiger partial charge in [0, 0.05) is 11.3 Å². The summed E-state index contributed by atoms with van der Waals surface area (Å²) in [5.74, 6) is 0.381. The number of rotatable bonds is 3. The van der Waals surface area contributed by atoms with Crippen molar-refractivity contribution in [2.75, 3.05) is 11.6 Å². The van der Waals surface area contributed by atoms with Crippen LogP contribution in [0, 0.1) is 13.8 Å². The molecule has 1 aromatic heterocycles. The van der Waals surface area contributed by atoms with Crippen molar-refractivity contribution >= 4 is 17.4 Å². The van der Waals surface area contributed by atoms with Crippen molar-refractivity contribution in [2.45, 2.75) is 26.1 Å². The molecule has 15 heavy (non-hydrogen) atoms. The second-order valence-corrected chi connectivity index (χ2v) is 3.84. The fourth-order valence-electron chi connectivity index (χ4n) is 1.60. The van der Waals surface area contributed by atoms with E-state index in [1.807, 2.05) is 6.92 Å². The highest BCUT2D eigenvalue weighted by atomic mass is 35.5. The Morgan fingerprint density at radius 3 is 2.53 bits per heavy atom. The van der Waals surface area contributed by atoms with Gasteiger partial charge in [-0.3, -0.25) is 0 Å². The largest absolute Gasteiger partial charge is 0.389 e. The molecule has 2 atom stereocenters. The highest BCUT2D eigenvalue weighted by Gasteiger charge is 2.21. The molecular formula is C10H15ClN2O2. The minimum absolute atomic E-state index is 0.0234. The number of hydrogen-bond donors (Lipinski definition) is 3. The number of aryl methyl sites for hydroxylation is 2. The lowest BCUT2D eigenvalue weighted by Gasteiger charge is -2.19. The Morgan fingerprint density at radius 1 is 1.47 bits per heavy atom. The van der Waals surface area contributed by atoms with E-state index in [1.165, 1.54) is 0 Å². The average molecular weight is 231 g/mol. The van der Waals surface area contributed by atoms with E-state index in [0.29, 0.717) is 17.1 Å². The van der Waals surface area contributed by atoms with Gasteiger partial charge in [0.25, 0.3) is 0 Å². The summed E-state index contributed by atoms with van der Waals surface area (Å²) in [5.41, 5.74) is 7.57. The first-order valence-electron chi connectivity index (χ1n) is 4.63. The number of nitrogens with two attached hydrogens (primary N) is 1. The molecule has 84 valence electrons. The van der Waals surface area contributed by atoms with E-state index in [4.69, 9.17) is 17.3 Å². The lowest BCUT2D eigenvalue weighted by Crippen LogP contribution is -2.22. The molecule has 2 unspecified atom stereocenters. The average Bonchev–Trinajstić information content (AvgIpc) is 2.14. The first-order valence-corrected chi connectivity index (χ1v) is 5.16. The molecule has 5 heteroatoms. The van der Waals surface area contributed by atoms with E-state index in [-0.39, 0.29) is 5.88 Å². The minimum Gasteiger partial charge on any atom is -0.389 e. The number of alkyl halides is 1. The summed E-state index contributed by atoms with van der Waals surface area (Å²) in [6, 6.07) is 1.66. The van der Waals surface area contributed by atoms with Crippen molar-refractivity contribution in [1.82, 2.24) is 4.98 Å². The summed E-state index contributed by atoms with van der Waals surface area (Å²) >= 11 is 5.48. The number of halogens is 1. The molecule has 0 spiro atoms. The summed E-state index contributed by atoms with van der Waals surface area (Å²) in [6.07, 6.45) is -2.01. The molecule has 0 aliphatic rings. The van der Waals surface area contributed by atoms with Crippen molar-refractivity contribution in [3.8, 4) is 0 Å². The summed E-state index contributed by atoms with van der Waals surface area (Å²) in [7, 11) is 0. The molecule has 0 saturated carbocycles. The highest BCUT2D eigenvalue weighted by Crippen LogP contribution is 2.25. The third-order valence-corrected chi connectivity index (χ3v) is 2.61. The molecule has 0 aliphatic heterocycles. The predicted molar refractivity (Wildman–Crippen MR) is 59.8 cm³/mol. The van der Waals surface area contributed by atoms with Crippen molar-refractivity contribution in [3.63, 3.8) is 0 Å². The van der Waals surface area contributed by atoms with Gasteiger partial charge >= 0.3 is 0 Å². The van der Waals surface area contributed by atoms with Crippen LogP contribution in [0.15, 0.2) is 6.07 Å². The Bertz CT molecular complexity index is 334. The number of aliphatic hydroxyl groups is 2. The van der Waals surface area contributed by atoms with E-state index >= 15 is 0 Å². The van der Waals surface area contributed by atoms with E-state index in [9.17, 15) is 10.2 Å². The fourth-order valence-corrected chi connectivity index (χ4v) is 1.76. The van der Waals surface area contributed by atoms with Crippen LogP contribution in [-0.4, -0.2) is 27.2 Å². The monoisotopic (exact) mass is 230 g/mol. The predicted octanol–water partition coefficient (Wildman–Crippen LogP) is 0.914. The summed E-state index contributed by atoms with van der Waals surface area (Å²) in [6.45, 7) is 3.55. The van der Waals surface area contributed by atoms with E-state index in [2.05, 4.69) is 4.98 Å². The first-order chi connectivity index (χ1) is 6.97. The molecule has 0 aromatic carbocycles. The Labute approximate surface area is 93.7 Å². The van der Waals surface area contributed by atoms with Crippen LogP contribution < -0.4 is 5.73 Å². The van der Waals surface area contributed by atoms with Gasteiger partial charge in [-0.15, -0.1) is 11.6 Å². The van der Waals surface area contributed by atoms with Crippen LogP contribution in [0.2, 0.25) is 0 Å². The van der Waals surface area contributed by atoms with Gasteiger partial charge < -0.3 is 15.9 Å². The van der Waals surface area contributed by atoms with Gasteiger partial charge in [-0.05, 0) is 25.5 Å². The third-order valence-electron chi connectivity index (χ3n) is 2.29. The molecule has 4 nitrogen and oxygen atoms in total. The smallest absolute Gasteiger partial charge is 0.123 e. The topological polar surface area (TPSA) is 79.4 Å². The quantitative estimate of drug-likeness (QED) is 0.675. The molecular weight excluding hydrogens is 216 g/mol. The molecule has 1 aromatic rings. The lowest BCUT2D eigenvalue weighted by atomic mass is 9.99. The fraction of sp³-hybridized carbons (Fsp3) is 0.500. The number of aliphatic hydroxyl groups excluding tert-OH is 2. The third kappa shape index (κ3) is 2.59. The molecule has 1 heterocycles. The Morgan fingerprint density at radius 2 is 2.07 bits per heavy atom. The van der Waals surface area contributed by atoms with Crippen LogP contribution in [0.4, 0.5) is 5.82 Å². The van der Waals surface area contributed by atoms with E-state index in [1.54, 1.807) is 13.0 Å². The number of pyridine rings is 1. The molecule has 0 amide bonds. The number of anilines is 1. The first kappa shape index (κ1) is 12.2. The highest BCUT2D eigenvalue weighted by molar-refractivity contribution is 6.18. The lowest BCUT2D eigenvalue weighted by molar-refractivity contribution is 0.0317. The van der Waals surface area contributed by atoms with Crippen molar-refractivity contribution in [3.05, 3.63) is 22.9 Å². The second-order valence-electron chi connectivity index (χ2n) is 3.53. The van der Waals surface area contributed by atoms with Crippen molar-refractivity contribution in [1.29, 1.82) is 0 Å². The molecule has 0 fully saturated rings. The number of nitrogen functional groups attached to an aromatic ring is 1. The molecule has 0 radical (unpaired) electrons. The number of hydrogen-bond acceptors (Lipinski definition) is 4. The zero-order chi connectivity index (χ0) is 11.6. The SMILES string of the molecule is Cc1cc(N)nc(C)c1C(O)C(O)CCl. The van der Waals surface area contributed by atoms with Crippen LogP contribution in [0.1, 0.15) is 22.9 Å². The zero-order valence-corrected chi connectivity index (χ0v) is 9.49. The molecule has 0 bridgehead atoms. The maximum atomic E-state index is 9.83. The second kappa shape index (κ2) is 4.79. The summed E-state index contributed by atoms with van der Waals surface area (Å²) < 4.78 is 0. The molecule has 0 aliphatic carbocycles. The van der Waals surface area contributed by atoms with Gasteiger partial charge in [-0.1, -0.05) is 0 Å². The summed E-state index contributed by atoms with van der Waals surface area (Å²) in [5, 5.41) is 19.3. The van der Waals surface area contributed by atoms with Gasteiger partial charge in [0.2, 0.25) is 0 Å². The van der Waals surface area contributed by atoms with E-state index < -0.39 is 12.2 Å².